The van der Waals surface area contributed by atoms with Crippen LogP contribution in [0.1, 0.15) is 29.2 Å². The van der Waals surface area contributed by atoms with Crippen LogP contribution < -0.4 is 0 Å². The summed E-state index contributed by atoms with van der Waals surface area (Å²) in [5.41, 5.74) is 3.61. The predicted octanol–water partition coefficient (Wildman–Crippen LogP) is 3.07. The molecule has 0 aliphatic carbocycles. The quantitative estimate of drug-likeness (QED) is 0.850. The van der Waals surface area contributed by atoms with Gasteiger partial charge in [-0.25, -0.2) is 4.39 Å². The first-order valence-corrected chi connectivity index (χ1v) is 8.71. The van der Waals surface area contributed by atoms with Gasteiger partial charge in [-0.15, -0.1) is 0 Å². The minimum atomic E-state index is -0.506. The molecule has 0 spiro atoms. The van der Waals surface area contributed by atoms with E-state index in [0.29, 0.717) is 25.1 Å². The van der Waals surface area contributed by atoms with Crippen molar-refractivity contribution in [2.75, 3.05) is 7.05 Å². The normalized spacial score (nSPS) is 16.2. The third-order valence-corrected chi connectivity index (χ3v) is 4.96. The number of aryl methyl sites for hydroxylation is 1. The van der Waals surface area contributed by atoms with Gasteiger partial charge in [0.05, 0.1) is 0 Å². The molecule has 0 bridgehead atoms. The highest BCUT2D eigenvalue weighted by Crippen LogP contribution is 2.25. The zero-order valence-corrected chi connectivity index (χ0v) is 15.3. The van der Waals surface area contributed by atoms with Crippen LogP contribution in [-0.2, 0) is 29.1 Å². The molecule has 2 aromatic carbocycles. The summed E-state index contributed by atoms with van der Waals surface area (Å²) >= 11 is 0. The maximum absolute atomic E-state index is 13.4. The second kappa shape index (κ2) is 7.28. The number of hydrogen-bond acceptors (Lipinski definition) is 2. The van der Waals surface area contributed by atoms with Crippen LogP contribution in [0, 0.1) is 12.7 Å². The van der Waals surface area contributed by atoms with Gasteiger partial charge >= 0.3 is 0 Å². The SMILES string of the molecule is CC(=O)N1Cc2ccccc2CC1C(=O)N(C)Cc1ccc(F)c(C)c1. The molecular weight excluding hydrogens is 331 g/mol. The van der Waals surface area contributed by atoms with Crippen molar-refractivity contribution in [3.8, 4) is 0 Å². The van der Waals surface area contributed by atoms with Gasteiger partial charge in [0.15, 0.2) is 0 Å². The largest absolute Gasteiger partial charge is 0.340 e. The highest BCUT2D eigenvalue weighted by molar-refractivity contribution is 5.87. The van der Waals surface area contributed by atoms with Crippen LogP contribution in [0.2, 0.25) is 0 Å². The Bertz CT molecular complexity index is 850. The Balaban J connectivity index is 1.80. The van der Waals surface area contributed by atoms with E-state index in [9.17, 15) is 14.0 Å². The van der Waals surface area contributed by atoms with Gasteiger partial charge in [0, 0.05) is 33.5 Å². The lowest BCUT2D eigenvalue weighted by Crippen LogP contribution is -2.52. The fourth-order valence-electron chi connectivity index (χ4n) is 3.49. The van der Waals surface area contributed by atoms with Gasteiger partial charge in [0.25, 0.3) is 0 Å². The van der Waals surface area contributed by atoms with Crippen molar-refractivity contribution >= 4 is 11.8 Å². The maximum Gasteiger partial charge on any atom is 0.245 e. The summed E-state index contributed by atoms with van der Waals surface area (Å²) in [4.78, 5) is 28.4. The highest BCUT2D eigenvalue weighted by atomic mass is 19.1. The first-order chi connectivity index (χ1) is 12.4. The smallest absolute Gasteiger partial charge is 0.245 e. The van der Waals surface area contributed by atoms with E-state index in [1.807, 2.05) is 24.3 Å². The van der Waals surface area contributed by atoms with E-state index in [1.54, 1.807) is 35.9 Å². The number of likely N-dealkylation sites (N-methyl/N-ethyl adjacent to an activating group) is 1. The van der Waals surface area contributed by atoms with E-state index in [-0.39, 0.29) is 17.6 Å². The maximum atomic E-state index is 13.4. The molecule has 1 unspecified atom stereocenters. The number of carbonyl (C=O) groups excluding carboxylic acids is 2. The van der Waals surface area contributed by atoms with Crippen LogP contribution in [0.4, 0.5) is 4.39 Å². The number of rotatable bonds is 3. The average Bonchev–Trinajstić information content (AvgIpc) is 2.63. The number of benzene rings is 2. The monoisotopic (exact) mass is 354 g/mol. The summed E-state index contributed by atoms with van der Waals surface area (Å²) in [6, 6.07) is 12.3. The zero-order chi connectivity index (χ0) is 18.8. The van der Waals surface area contributed by atoms with E-state index >= 15 is 0 Å². The molecule has 26 heavy (non-hydrogen) atoms. The first kappa shape index (κ1) is 18.1. The summed E-state index contributed by atoms with van der Waals surface area (Å²) in [6.07, 6.45) is 0.515. The van der Waals surface area contributed by atoms with Gasteiger partial charge in [-0.1, -0.05) is 36.4 Å². The van der Waals surface area contributed by atoms with E-state index in [1.165, 1.54) is 13.0 Å². The third-order valence-electron chi connectivity index (χ3n) is 4.96. The van der Waals surface area contributed by atoms with E-state index in [0.717, 1.165) is 16.7 Å². The summed E-state index contributed by atoms with van der Waals surface area (Å²) in [5.74, 6) is -0.463. The number of fused-ring (bicyclic) bond motifs is 1. The number of nitrogens with zero attached hydrogens (tertiary/aromatic N) is 2. The van der Waals surface area contributed by atoms with Gasteiger partial charge in [0.2, 0.25) is 11.8 Å². The van der Waals surface area contributed by atoms with Gasteiger partial charge in [0.1, 0.15) is 11.9 Å². The van der Waals surface area contributed by atoms with Crippen LogP contribution in [0.5, 0.6) is 0 Å². The van der Waals surface area contributed by atoms with Crippen molar-refractivity contribution in [2.24, 2.45) is 0 Å². The first-order valence-electron chi connectivity index (χ1n) is 8.71. The average molecular weight is 354 g/mol. The van der Waals surface area contributed by atoms with Crippen molar-refractivity contribution in [3.05, 3.63) is 70.5 Å². The summed E-state index contributed by atoms with van der Waals surface area (Å²) < 4.78 is 13.4. The predicted molar refractivity (Wildman–Crippen MR) is 97.8 cm³/mol. The second-order valence-electron chi connectivity index (χ2n) is 6.91. The number of hydrogen-bond donors (Lipinski definition) is 0. The molecule has 3 rings (SSSR count). The molecule has 0 radical (unpaired) electrons. The molecular formula is C21H23FN2O2. The molecule has 1 aliphatic heterocycles. The van der Waals surface area contributed by atoms with Crippen molar-refractivity contribution in [2.45, 2.75) is 39.4 Å². The van der Waals surface area contributed by atoms with Crippen LogP contribution in [0.25, 0.3) is 0 Å². The topological polar surface area (TPSA) is 40.6 Å². The Morgan fingerprint density at radius 3 is 2.54 bits per heavy atom. The Hall–Kier alpha value is -2.69. The van der Waals surface area contributed by atoms with E-state index in [2.05, 4.69) is 0 Å². The minimum Gasteiger partial charge on any atom is -0.340 e. The van der Waals surface area contributed by atoms with Crippen molar-refractivity contribution in [1.82, 2.24) is 9.80 Å². The van der Waals surface area contributed by atoms with Gasteiger partial charge in [-0.05, 0) is 35.2 Å². The van der Waals surface area contributed by atoms with Crippen molar-refractivity contribution in [1.29, 1.82) is 0 Å². The lowest BCUT2D eigenvalue weighted by molar-refractivity contribution is -0.145. The van der Waals surface area contributed by atoms with Gasteiger partial charge in [-0.2, -0.15) is 0 Å². The van der Waals surface area contributed by atoms with Gasteiger partial charge in [-0.3, -0.25) is 9.59 Å². The zero-order valence-electron chi connectivity index (χ0n) is 15.3. The molecule has 136 valence electrons. The lowest BCUT2D eigenvalue weighted by Gasteiger charge is -2.37. The van der Waals surface area contributed by atoms with Gasteiger partial charge < -0.3 is 9.80 Å². The molecule has 1 heterocycles. The Kier molecular flexibility index (Phi) is 5.07. The molecule has 0 fully saturated rings. The number of amides is 2. The molecule has 0 saturated carbocycles. The molecule has 1 aliphatic rings. The number of halogens is 1. The van der Waals surface area contributed by atoms with Crippen molar-refractivity contribution < 1.29 is 14.0 Å². The molecule has 4 nitrogen and oxygen atoms in total. The summed E-state index contributed by atoms with van der Waals surface area (Å²) in [5, 5.41) is 0. The van der Waals surface area contributed by atoms with Crippen LogP contribution in [0.3, 0.4) is 0 Å². The van der Waals surface area contributed by atoms with Crippen LogP contribution in [0.15, 0.2) is 42.5 Å². The minimum absolute atomic E-state index is 0.100. The van der Waals surface area contributed by atoms with E-state index in [4.69, 9.17) is 0 Å². The standard InChI is InChI=1S/C21H23FN2O2/c1-14-10-16(8-9-19(14)22)12-23(3)21(26)20-11-17-6-4-5-7-18(17)13-24(20)15(2)25/h4-10,20H,11-13H2,1-3H3. The molecule has 0 N–H and O–H groups in total. The Morgan fingerprint density at radius 1 is 1.19 bits per heavy atom. The van der Waals surface area contributed by atoms with Crippen LogP contribution in [-0.4, -0.2) is 34.7 Å². The second-order valence-corrected chi connectivity index (χ2v) is 6.91. The summed E-state index contributed by atoms with van der Waals surface area (Å²) in [7, 11) is 1.72. The third kappa shape index (κ3) is 3.62. The lowest BCUT2D eigenvalue weighted by atomic mass is 9.93. The molecule has 0 saturated heterocycles. The number of carbonyl (C=O) groups is 2. The van der Waals surface area contributed by atoms with Crippen LogP contribution >= 0.6 is 0 Å². The highest BCUT2D eigenvalue weighted by Gasteiger charge is 2.34. The molecule has 1 atom stereocenters. The fraction of sp³-hybridized carbons (Fsp3) is 0.333. The molecule has 2 amide bonds. The molecule has 2 aromatic rings. The fourth-order valence-corrected chi connectivity index (χ4v) is 3.49. The molecule has 0 aromatic heterocycles. The molecule has 5 heteroatoms. The van der Waals surface area contributed by atoms with Crippen molar-refractivity contribution in [3.63, 3.8) is 0 Å². The Labute approximate surface area is 153 Å². The summed E-state index contributed by atoms with van der Waals surface area (Å²) in [6.45, 7) is 4.03. The Morgan fingerprint density at radius 2 is 1.88 bits per heavy atom. The van der Waals surface area contributed by atoms with E-state index < -0.39 is 6.04 Å².